The predicted molar refractivity (Wildman–Crippen MR) is 49.4 cm³/mol. The van der Waals surface area contributed by atoms with Crippen molar-refractivity contribution in [2.24, 2.45) is 11.8 Å². The van der Waals surface area contributed by atoms with Crippen LogP contribution < -0.4 is 0 Å². The van der Waals surface area contributed by atoms with E-state index in [-0.39, 0.29) is 29.4 Å². The highest BCUT2D eigenvalue weighted by Gasteiger charge is 2.64. The highest BCUT2D eigenvalue weighted by Crippen LogP contribution is 2.55. The fourth-order valence-electron chi connectivity index (χ4n) is 3.18. The summed E-state index contributed by atoms with van der Waals surface area (Å²) < 4.78 is 33.5. The average molecular weight is 239 g/mol. The van der Waals surface area contributed by atoms with Gasteiger partial charge in [0, 0.05) is 5.92 Å². The van der Waals surface area contributed by atoms with Crippen LogP contribution in [0.25, 0.3) is 0 Å². The van der Waals surface area contributed by atoms with Crippen molar-refractivity contribution < 1.29 is 17.3 Å². The lowest BCUT2D eigenvalue weighted by Gasteiger charge is -2.23. The Balaban J connectivity index is 1.93. The van der Waals surface area contributed by atoms with E-state index in [0.717, 1.165) is 6.42 Å². The van der Waals surface area contributed by atoms with Crippen molar-refractivity contribution in [3.05, 3.63) is 0 Å². The summed E-state index contributed by atoms with van der Waals surface area (Å²) in [4.78, 5) is 0. The quantitative estimate of drug-likeness (QED) is 0.525. The van der Waals surface area contributed by atoms with Gasteiger partial charge in [-0.1, -0.05) is 11.6 Å². The Morgan fingerprint density at radius 3 is 2.93 bits per heavy atom. The van der Waals surface area contributed by atoms with Crippen LogP contribution in [0.15, 0.2) is 0 Å². The van der Waals surface area contributed by atoms with Crippen LogP contribution in [0, 0.1) is 11.8 Å². The molecule has 0 aromatic carbocycles. The van der Waals surface area contributed by atoms with E-state index in [1.54, 1.807) is 0 Å². The van der Waals surface area contributed by atoms with Crippen molar-refractivity contribution in [1.29, 1.82) is 0 Å². The van der Waals surface area contributed by atoms with Gasteiger partial charge in [0.25, 0.3) is 10.1 Å². The number of rotatable bonds is 2. The number of hydrogen-bond acceptors (Lipinski definition) is 4. The summed E-state index contributed by atoms with van der Waals surface area (Å²) in [7, 11) is -3.31. The largest absolute Gasteiger partial charge is 0.359 e. The molecule has 0 aromatic rings. The van der Waals surface area contributed by atoms with Crippen molar-refractivity contribution >= 4 is 21.7 Å². The molecule has 0 radical (unpaired) electrons. The Kier molecular flexibility index (Phi) is 1.91. The van der Waals surface area contributed by atoms with Gasteiger partial charge in [0.2, 0.25) is 0 Å². The van der Waals surface area contributed by atoms with Gasteiger partial charge in [-0.15, -0.1) is 0 Å². The van der Waals surface area contributed by atoms with Crippen molar-refractivity contribution in [3.8, 4) is 0 Å². The summed E-state index contributed by atoms with van der Waals surface area (Å²) in [5.74, 6) is 0.476. The minimum atomic E-state index is -3.31. The van der Waals surface area contributed by atoms with E-state index in [4.69, 9.17) is 20.5 Å². The zero-order valence-electron chi connectivity index (χ0n) is 7.43. The van der Waals surface area contributed by atoms with Crippen LogP contribution in [0.3, 0.4) is 0 Å². The maximum atomic E-state index is 11.5. The third kappa shape index (κ3) is 1.04. The van der Waals surface area contributed by atoms with Crippen LogP contribution in [0.4, 0.5) is 0 Å². The Morgan fingerprint density at radius 2 is 2.21 bits per heavy atom. The molecule has 0 aromatic heterocycles. The van der Waals surface area contributed by atoms with Gasteiger partial charge in [-0.25, -0.2) is 0 Å². The van der Waals surface area contributed by atoms with Crippen molar-refractivity contribution in [1.82, 2.24) is 0 Å². The predicted octanol–water partition coefficient (Wildman–Crippen LogP) is 0.705. The smallest absolute Gasteiger partial charge is 0.270 e. The number of fused-ring (bicyclic) bond motifs is 1. The van der Waals surface area contributed by atoms with Gasteiger partial charge < -0.3 is 4.74 Å². The van der Waals surface area contributed by atoms with E-state index in [1.165, 1.54) is 0 Å². The number of alkyl halides is 1. The Hall–Kier alpha value is 0.160. The summed E-state index contributed by atoms with van der Waals surface area (Å²) in [6.07, 6.45) is 1.23. The van der Waals surface area contributed by atoms with Crippen LogP contribution in [0.1, 0.15) is 12.8 Å². The van der Waals surface area contributed by atoms with E-state index in [9.17, 15) is 8.42 Å². The summed E-state index contributed by atoms with van der Waals surface area (Å²) in [6, 6.07) is 0.110. The molecular weight excluding hydrogens is 228 g/mol. The van der Waals surface area contributed by atoms with E-state index in [2.05, 4.69) is 0 Å². The molecule has 4 nitrogen and oxygen atoms in total. The fourth-order valence-corrected chi connectivity index (χ4v) is 5.21. The highest BCUT2D eigenvalue weighted by molar-refractivity contribution is 7.87. The van der Waals surface area contributed by atoms with Crippen LogP contribution >= 0.6 is 11.6 Å². The molecule has 0 amide bonds. The van der Waals surface area contributed by atoms with Gasteiger partial charge in [-0.05, 0) is 18.8 Å². The molecule has 14 heavy (non-hydrogen) atoms. The van der Waals surface area contributed by atoms with Crippen molar-refractivity contribution in [3.63, 3.8) is 0 Å². The van der Waals surface area contributed by atoms with Gasteiger partial charge in [0.15, 0.2) is 0 Å². The third-order valence-electron chi connectivity index (χ3n) is 3.67. The lowest BCUT2D eigenvalue weighted by molar-refractivity contribution is -0.0184. The van der Waals surface area contributed by atoms with Gasteiger partial charge in [-0.3, -0.25) is 4.18 Å². The molecule has 5 atom stereocenters. The molecule has 2 bridgehead atoms. The number of hydrogen-bond donors (Lipinski definition) is 0. The second-order valence-electron chi connectivity index (χ2n) is 4.23. The molecule has 1 saturated heterocycles. The first-order valence-corrected chi connectivity index (χ1v) is 6.74. The molecule has 2 aliphatic carbocycles. The topological polar surface area (TPSA) is 52.6 Å². The standard InChI is InChI=1S/C8H11ClO4S/c9-3-12-7-4-1-5-6(2-4)14(10,11)13-8(5)7/h4-8H,1-3H2. The molecule has 0 N–H and O–H groups in total. The Bertz CT molecular complexity index is 354. The van der Waals surface area contributed by atoms with Gasteiger partial charge in [-0.2, -0.15) is 8.42 Å². The molecule has 5 unspecified atom stereocenters. The molecule has 2 saturated carbocycles. The summed E-state index contributed by atoms with van der Waals surface area (Å²) in [5, 5.41) is -0.271. The summed E-state index contributed by atoms with van der Waals surface area (Å²) in [6.45, 7) is 0. The summed E-state index contributed by atoms with van der Waals surface area (Å²) in [5.41, 5.74) is 0. The highest BCUT2D eigenvalue weighted by atomic mass is 35.5. The second kappa shape index (κ2) is 2.84. The normalized spacial score (nSPS) is 52.8. The molecule has 3 aliphatic rings. The Labute approximate surface area is 87.6 Å². The first-order valence-electron chi connectivity index (χ1n) is 4.73. The average Bonchev–Trinajstić information content (AvgIpc) is 2.68. The first-order chi connectivity index (χ1) is 6.63. The molecular formula is C8H11ClO4S. The van der Waals surface area contributed by atoms with Crippen LogP contribution in [0.2, 0.25) is 0 Å². The summed E-state index contributed by atoms with van der Waals surface area (Å²) >= 11 is 5.50. The SMILES string of the molecule is O=S1(=O)OC2C3CC(CC31)C2OCCl. The zero-order valence-corrected chi connectivity index (χ0v) is 9.00. The van der Waals surface area contributed by atoms with Gasteiger partial charge in [0.05, 0.1) is 11.4 Å². The van der Waals surface area contributed by atoms with Crippen molar-refractivity contribution in [2.75, 3.05) is 6.07 Å². The first kappa shape index (κ1) is 9.39. The minimum absolute atomic E-state index is 0.106. The molecule has 6 heteroatoms. The fraction of sp³-hybridized carbons (Fsp3) is 1.00. The van der Waals surface area contributed by atoms with Crippen LogP contribution in [0.5, 0.6) is 0 Å². The van der Waals surface area contributed by atoms with E-state index >= 15 is 0 Å². The zero-order chi connectivity index (χ0) is 9.92. The monoisotopic (exact) mass is 238 g/mol. The molecule has 3 fully saturated rings. The minimum Gasteiger partial charge on any atom is -0.359 e. The molecule has 80 valence electrons. The maximum absolute atomic E-state index is 11.5. The number of ether oxygens (including phenoxy) is 1. The van der Waals surface area contributed by atoms with E-state index in [0.29, 0.717) is 12.3 Å². The molecule has 3 rings (SSSR count). The lowest BCUT2D eigenvalue weighted by atomic mass is 9.94. The van der Waals surface area contributed by atoms with Crippen LogP contribution in [-0.4, -0.2) is 31.9 Å². The molecule has 1 aliphatic heterocycles. The molecule has 1 heterocycles. The molecule has 0 spiro atoms. The van der Waals surface area contributed by atoms with E-state index in [1.807, 2.05) is 0 Å². The second-order valence-corrected chi connectivity index (χ2v) is 6.23. The lowest BCUT2D eigenvalue weighted by Crippen LogP contribution is -2.35. The van der Waals surface area contributed by atoms with Crippen molar-refractivity contribution in [2.45, 2.75) is 30.3 Å². The van der Waals surface area contributed by atoms with E-state index < -0.39 is 10.1 Å². The Morgan fingerprint density at radius 1 is 1.43 bits per heavy atom. The maximum Gasteiger partial charge on any atom is 0.270 e. The number of halogens is 1. The van der Waals surface area contributed by atoms with Gasteiger partial charge >= 0.3 is 0 Å². The van der Waals surface area contributed by atoms with Crippen LogP contribution in [-0.2, 0) is 19.0 Å². The van der Waals surface area contributed by atoms with Gasteiger partial charge in [0.1, 0.15) is 12.2 Å². The third-order valence-corrected chi connectivity index (χ3v) is 5.57.